The maximum atomic E-state index is 11.9. The van der Waals surface area contributed by atoms with E-state index >= 15 is 0 Å². The van der Waals surface area contributed by atoms with Gasteiger partial charge in [-0.2, -0.15) is 5.10 Å². The zero-order chi connectivity index (χ0) is 21.3. The number of halogens is 1. The van der Waals surface area contributed by atoms with Gasteiger partial charge in [-0.1, -0.05) is 23.9 Å². The predicted octanol–water partition coefficient (Wildman–Crippen LogP) is 4.52. The van der Waals surface area contributed by atoms with Crippen molar-refractivity contribution in [3.8, 4) is 5.75 Å². The second kappa shape index (κ2) is 11.1. The molecule has 1 N–H and O–H groups in total. The van der Waals surface area contributed by atoms with Crippen molar-refractivity contribution in [3.05, 3.63) is 80.7 Å². The Bertz CT molecular complexity index is 1000. The number of nitrogens with zero attached hydrogens (tertiary/aromatic N) is 3. The Balaban J connectivity index is 1.43. The minimum absolute atomic E-state index is 0.200. The lowest BCUT2D eigenvalue weighted by Gasteiger charge is -2.06. The van der Waals surface area contributed by atoms with Gasteiger partial charge in [-0.3, -0.25) is 4.79 Å². The van der Waals surface area contributed by atoms with Gasteiger partial charge in [-0.05, 0) is 90.0 Å². The lowest BCUT2D eigenvalue weighted by atomic mass is 10.2. The number of carbonyl (C=O) groups is 1. The first-order chi connectivity index (χ1) is 14.5. The molecule has 0 atom stereocenters. The molecule has 0 aliphatic rings. The average Bonchev–Trinajstić information content (AvgIpc) is 2.72. The van der Waals surface area contributed by atoms with Crippen molar-refractivity contribution in [3.63, 3.8) is 0 Å². The molecule has 3 aromatic rings. The summed E-state index contributed by atoms with van der Waals surface area (Å²) in [5, 5.41) is 4.59. The van der Waals surface area contributed by atoms with E-state index in [9.17, 15) is 4.79 Å². The topological polar surface area (TPSA) is 76.5 Å². The normalized spacial score (nSPS) is 10.9. The molecule has 1 heterocycles. The summed E-state index contributed by atoms with van der Waals surface area (Å²) in [7, 11) is 0. The molecule has 1 aromatic heterocycles. The molecular weight excluding hydrogens is 511 g/mol. The van der Waals surface area contributed by atoms with E-state index in [0.717, 1.165) is 28.3 Å². The highest BCUT2D eigenvalue weighted by atomic mass is 127. The van der Waals surface area contributed by atoms with Crippen molar-refractivity contribution in [2.45, 2.75) is 25.6 Å². The molecule has 2 aromatic carbocycles. The number of hydrogen-bond acceptors (Lipinski definition) is 6. The van der Waals surface area contributed by atoms with Crippen molar-refractivity contribution >= 4 is 46.5 Å². The molecule has 6 nitrogen and oxygen atoms in total. The van der Waals surface area contributed by atoms with Gasteiger partial charge in [-0.15, -0.1) is 0 Å². The van der Waals surface area contributed by atoms with Crippen molar-refractivity contribution in [1.82, 2.24) is 15.4 Å². The molecule has 30 heavy (non-hydrogen) atoms. The number of ether oxygens (including phenoxy) is 1. The van der Waals surface area contributed by atoms with Crippen molar-refractivity contribution in [1.29, 1.82) is 0 Å². The Hall–Kier alpha value is -2.46. The molecule has 0 radical (unpaired) electrons. The number of rotatable bonds is 8. The fraction of sp³-hybridized carbons (Fsp3) is 0.182. The Morgan fingerprint density at radius 2 is 1.77 bits per heavy atom. The van der Waals surface area contributed by atoms with E-state index in [1.54, 1.807) is 6.21 Å². The van der Waals surface area contributed by atoms with Gasteiger partial charge in [0.05, 0.1) is 12.0 Å². The van der Waals surface area contributed by atoms with Crippen LogP contribution in [-0.4, -0.2) is 27.8 Å². The van der Waals surface area contributed by atoms with Gasteiger partial charge in [0.1, 0.15) is 12.4 Å². The lowest BCUT2D eigenvalue weighted by molar-refractivity contribution is -0.118. The third-order valence-electron chi connectivity index (χ3n) is 3.90. The van der Waals surface area contributed by atoms with Gasteiger partial charge in [0, 0.05) is 15.0 Å². The molecule has 0 saturated heterocycles. The SMILES string of the molecule is Cc1cc(C)nc(SCC(=O)N/N=C\c2ccc(OCc3ccc(I)cc3)cc2)n1. The zero-order valence-corrected chi connectivity index (χ0v) is 19.6. The van der Waals surface area contributed by atoms with Crippen LogP contribution in [0.4, 0.5) is 0 Å². The molecule has 0 unspecified atom stereocenters. The van der Waals surface area contributed by atoms with Gasteiger partial charge < -0.3 is 4.74 Å². The standard InChI is InChI=1S/C22H21IN4O2S/c1-15-11-16(2)26-22(25-15)30-14-21(28)27-24-12-17-5-9-20(10-6-17)29-13-18-3-7-19(23)8-4-18/h3-12H,13-14H2,1-2H3,(H,27,28)/b24-12-. The number of amides is 1. The van der Waals surface area contributed by atoms with Crippen LogP contribution < -0.4 is 10.2 Å². The van der Waals surface area contributed by atoms with Crippen LogP contribution in [0, 0.1) is 17.4 Å². The van der Waals surface area contributed by atoms with Crippen LogP contribution in [0.15, 0.2) is 64.9 Å². The number of benzene rings is 2. The fourth-order valence-corrected chi connectivity index (χ4v) is 3.60. The van der Waals surface area contributed by atoms with Gasteiger partial charge in [-0.25, -0.2) is 15.4 Å². The van der Waals surface area contributed by atoms with E-state index < -0.39 is 0 Å². The quantitative estimate of drug-likeness (QED) is 0.152. The van der Waals surface area contributed by atoms with Gasteiger partial charge in [0.2, 0.25) is 0 Å². The minimum atomic E-state index is -0.212. The maximum Gasteiger partial charge on any atom is 0.250 e. The number of nitrogens with one attached hydrogen (secondary N) is 1. The largest absolute Gasteiger partial charge is 0.489 e. The van der Waals surface area contributed by atoms with E-state index in [1.807, 2.05) is 44.2 Å². The van der Waals surface area contributed by atoms with Crippen LogP contribution in [0.2, 0.25) is 0 Å². The summed E-state index contributed by atoms with van der Waals surface area (Å²) < 4.78 is 6.99. The van der Waals surface area contributed by atoms with E-state index in [-0.39, 0.29) is 11.7 Å². The van der Waals surface area contributed by atoms with Crippen LogP contribution in [0.3, 0.4) is 0 Å². The molecule has 0 fully saturated rings. The van der Waals surface area contributed by atoms with Crippen LogP contribution in [-0.2, 0) is 11.4 Å². The summed E-state index contributed by atoms with van der Waals surface area (Å²) in [5.41, 5.74) is 6.27. The Morgan fingerprint density at radius 1 is 1.10 bits per heavy atom. The second-order valence-electron chi connectivity index (χ2n) is 6.50. The Labute approximate surface area is 193 Å². The lowest BCUT2D eigenvalue weighted by Crippen LogP contribution is -2.19. The van der Waals surface area contributed by atoms with Gasteiger partial charge in [0.15, 0.2) is 5.16 Å². The second-order valence-corrected chi connectivity index (χ2v) is 8.69. The Morgan fingerprint density at radius 3 is 2.43 bits per heavy atom. The van der Waals surface area contributed by atoms with Crippen molar-refractivity contribution in [2.24, 2.45) is 5.10 Å². The smallest absolute Gasteiger partial charge is 0.250 e. The average molecular weight is 532 g/mol. The maximum absolute atomic E-state index is 11.9. The predicted molar refractivity (Wildman–Crippen MR) is 128 cm³/mol. The highest BCUT2D eigenvalue weighted by Crippen LogP contribution is 2.15. The first-order valence-electron chi connectivity index (χ1n) is 9.22. The summed E-state index contributed by atoms with van der Waals surface area (Å²) in [5.74, 6) is 0.766. The van der Waals surface area contributed by atoms with Crippen molar-refractivity contribution in [2.75, 3.05) is 5.75 Å². The fourth-order valence-electron chi connectivity index (χ4n) is 2.50. The third-order valence-corrected chi connectivity index (χ3v) is 5.46. The zero-order valence-electron chi connectivity index (χ0n) is 16.6. The Kier molecular flexibility index (Phi) is 8.21. The molecule has 3 rings (SSSR count). The van der Waals surface area contributed by atoms with E-state index in [1.165, 1.54) is 15.3 Å². The molecule has 0 aliphatic heterocycles. The van der Waals surface area contributed by atoms with E-state index in [2.05, 4.69) is 67.4 Å². The summed E-state index contributed by atoms with van der Waals surface area (Å²) in [6.07, 6.45) is 1.60. The van der Waals surface area contributed by atoms with E-state index in [0.29, 0.717) is 11.8 Å². The van der Waals surface area contributed by atoms with Crippen LogP contribution in [0.1, 0.15) is 22.5 Å². The minimum Gasteiger partial charge on any atom is -0.489 e. The van der Waals surface area contributed by atoms with Crippen LogP contribution in [0.5, 0.6) is 5.75 Å². The molecule has 0 saturated carbocycles. The molecule has 154 valence electrons. The first kappa shape index (κ1) is 22.2. The number of hydrogen-bond donors (Lipinski definition) is 1. The first-order valence-corrected chi connectivity index (χ1v) is 11.3. The number of aromatic nitrogens is 2. The number of aryl methyl sites for hydroxylation is 2. The summed E-state index contributed by atoms with van der Waals surface area (Å²) in [6, 6.07) is 17.6. The van der Waals surface area contributed by atoms with Crippen molar-refractivity contribution < 1.29 is 9.53 Å². The highest BCUT2D eigenvalue weighted by molar-refractivity contribution is 14.1. The summed E-state index contributed by atoms with van der Waals surface area (Å²) >= 11 is 3.56. The molecule has 8 heteroatoms. The summed E-state index contributed by atoms with van der Waals surface area (Å²) in [4.78, 5) is 20.6. The molecule has 0 aliphatic carbocycles. The highest BCUT2D eigenvalue weighted by Gasteiger charge is 2.05. The third kappa shape index (κ3) is 7.42. The molecule has 1 amide bonds. The molecular formula is C22H21IN4O2S. The summed E-state index contributed by atoms with van der Waals surface area (Å²) in [6.45, 7) is 4.32. The number of carbonyl (C=O) groups excluding carboxylic acids is 1. The molecule has 0 bridgehead atoms. The van der Waals surface area contributed by atoms with Crippen LogP contribution >= 0.6 is 34.4 Å². The van der Waals surface area contributed by atoms with Crippen LogP contribution in [0.25, 0.3) is 0 Å². The molecule has 0 spiro atoms. The number of hydrazone groups is 1. The monoisotopic (exact) mass is 532 g/mol. The van der Waals surface area contributed by atoms with E-state index in [4.69, 9.17) is 4.74 Å². The van der Waals surface area contributed by atoms with Gasteiger partial charge in [0.25, 0.3) is 5.91 Å². The number of thioether (sulfide) groups is 1. The van der Waals surface area contributed by atoms with Gasteiger partial charge >= 0.3 is 0 Å².